The van der Waals surface area contributed by atoms with E-state index in [0.717, 1.165) is 68.2 Å². The lowest BCUT2D eigenvalue weighted by molar-refractivity contribution is -0.140. The Kier molecular flexibility index (Phi) is 11.5. The summed E-state index contributed by atoms with van der Waals surface area (Å²) in [5.74, 6) is 4.94. The quantitative estimate of drug-likeness (QED) is 0.309. The van der Waals surface area contributed by atoms with Crippen molar-refractivity contribution in [3.63, 3.8) is 0 Å². The summed E-state index contributed by atoms with van der Waals surface area (Å²) >= 11 is 6.51. The van der Waals surface area contributed by atoms with Gasteiger partial charge in [-0.05, 0) is 111 Å². The summed E-state index contributed by atoms with van der Waals surface area (Å²) in [7, 11) is 0.466. The number of hydrogen-bond acceptors (Lipinski definition) is 8. The van der Waals surface area contributed by atoms with Crippen molar-refractivity contribution in [2.45, 2.75) is 68.6 Å². The van der Waals surface area contributed by atoms with Gasteiger partial charge in [0, 0.05) is 74.7 Å². The van der Waals surface area contributed by atoms with E-state index in [1.165, 1.54) is 11.1 Å². The summed E-state index contributed by atoms with van der Waals surface area (Å²) in [6.07, 6.45) is 10.1. The van der Waals surface area contributed by atoms with Crippen molar-refractivity contribution >= 4 is 44.7 Å². The highest BCUT2D eigenvalue weighted by atomic mass is 35.5. The van der Waals surface area contributed by atoms with Crippen LogP contribution in [0.3, 0.4) is 0 Å². The van der Waals surface area contributed by atoms with Crippen LogP contribution in [0.2, 0.25) is 5.02 Å². The minimum Gasteiger partial charge on any atom is -0.490 e. The number of methoxy groups -OCH3 is 2. The minimum absolute atomic E-state index is 0.0301. The fourth-order valence-corrected chi connectivity index (χ4v) is 11.3. The average molecular weight is 781 g/mol. The molecule has 54 heavy (non-hydrogen) atoms. The molecule has 10 nitrogen and oxygen atoms in total. The van der Waals surface area contributed by atoms with Crippen LogP contribution in [0.1, 0.15) is 67.4 Å². The highest BCUT2D eigenvalue weighted by Crippen LogP contribution is 2.49. The molecule has 294 valence electrons. The third-order valence-corrected chi connectivity index (χ3v) is 15.6. The lowest BCUT2D eigenvalue weighted by atomic mass is 9.63. The number of piperazine rings is 1. The van der Waals surface area contributed by atoms with Crippen LogP contribution < -0.4 is 14.4 Å². The van der Waals surface area contributed by atoms with E-state index in [2.05, 4.69) is 51.6 Å². The van der Waals surface area contributed by atoms with E-state index >= 15 is 0 Å². The van der Waals surface area contributed by atoms with Crippen molar-refractivity contribution in [1.82, 2.24) is 14.5 Å². The van der Waals surface area contributed by atoms with Crippen molar-refractivity contribution < 1.29 is 28.0 Å². The zero-order valence-corrected chi connectivity index (χ0v) is 33.9. The number of benzene rings is 2. The zero-order chi connectivity index (χ0) is 38.3. The first kappa shape index (κ1) is 39.2. The van der Waals surface area contributed by atoms with E-state index in [9.17, 15) is 13.8 Å². The number of halogens is 1. The Hall–Kier alpha value is -3.09. The summed E-state index contributed by atoms with van der Waals surface area (Å²) in [5, 5.41) is 0.361. The van der Waals surface area contributed by atoms with Gasteiger partial charge in [-0.2, -0.15) is 0 Å². The van der Waals surface area contributed by atoms with Gasteiger partial charge in [-0.3, -0.25) is 19.2 Å². The first-order valence-electron chi connectivity index (χ1n) is 19.6. The number of hydrogen-bond donors (Lipinski definition) is 1. The Morgan fingerprint density at radius 1 is 1.11 bits per heavy atom. The second kappa shape index (κ2) is 15.8. The minimum atomic E-state index is -3.00. The van der Waals surface area contributed by atoms with Gasteiger partial charge >= 0.3 is 0 Å². The number of allylic oxidation sites excluding steroid dienone is 1. The van der Waals surface area contributed by atoms with Gasteiger partial charge in [0.1, 0.15) is 11.4 Å². The van der Waals surface area contributed by atoms with Gasteiger partial charge in [-0.1, -0.05) is 36.7 Å². The summed E-state index contributed by atoms with van der Waals surface area (Å²) in [6, 6.07) is 11.9. The molecule has 1 N–H and O–H groups in total. The number of anilines is 1. The van der Waals surface area contributed by atoms with E-state index < -0.39 is 21.2 Å². The molecule has 7 atom stereocenters. The van der Waals surface area contributed by atoms with Gasteiger partial charge in [0.25, 0.3) is 5.91 Å². The molecule has 1 saturated carbocycles. The van der Waals surface area contributed by atoms with Gasteiger partial charge in [0.2, 0.25) is 5.91 Å². The van der Waals surface area contributed by atoms with Crippen LogP contribution in [0, 0.1) is 17.8 Å². The molecule has 5 aliphatic rings. The Balaban J connectivity index is 1.28. The van der Waals surface area contributed by atoms with Gasteiger partial charge in [-0.25, -0.2) is 4.21 Å². The maximum atomic E-state index is 14.0. The summed E-state index contributed by atoms with van der Waals surface area (Å²) in [6.45, 7) is 9.40. The molecule has 7 rings (SSSR count). The Bertz CT molecular complexity index is 1870. The maximum Gasteiger partial charge on any atom is 0.262 e. The molecule has 2 fully saturated rings. The van der Waals surface area contributed by atoms with Crippen LogP contribution in [0.15, 0.2) is 48.6 Å². The maximum absolute atomic E-state index is 14.0. The Morgan fingerprint density at radius 2 is 1.94 bits per heavy atom. The monoisotopic (exact) mass is 780 g/mol. The van der Waals surface area contributed by atoms with Crippen LogP contribution >= 0.6 is 11.6 Å². The van der Waals surface area contributed by atoms with E-state index in [0.29, 0.717) is 51.4 Å². The second-order valence-electron chi connectivity index (χ2n) is 16.5. The number of amides is 2. The third-order valence-electron chi connectivity index (χ3n) is 13.2. The summed E-state index contributed by atoms with van der Waals surface area (Å²) in [5.41, 5.74) is 2.94. The van der Waals surface area contributed by atoms with Crippen molar-refractivity contribution in [2.75, 3.05) is 78.1 Å². The number of fused-ring (bicyclic) bond motifs is 4. The molecule has 3 aliphatic heterocycles. The van der Waals surface area contributed by atoms with Crippen LogP contribution in [0.5, 0.6) is 5.75 Å². The summed E-state index contributed by atoms with van der Waals surface area (Å²) < 4.78 is 35.5. The SMILES string of the molecule is C=S1(=O)NC(=O)c2ccc3c(c2)N(C[C@@H]2CC[C@H]2[C@@](CN2CCN(CCOC)C(=O)C2)(OC)/C=C/C[C@H](C)[C@H]1C)C[C@@]1(CCCc2cc(Cl)ccc21)CO3. The average Bonchev–Trinajstić information content (AvgIpc) is 3.28. The second-order valence-corrected chi connectivity index (χ2v) is 19.3. The Morgan fingerprint density at radius 3 is 2.69 bits per heavy atom. The molecule has 12 heteroatoms. The molecule has 1 saturated heterocycles. The number of aryl methyl sites for hydroxylation is 1. The smallest absolute Gasteiger partial charge is 0.262 e. The molecule has 1 unspecified atom stereocenters. The normalized spacial score (nSPS) is 33.9. The first-order chi connectivity index (χ1) is 25.9. The molecule has 1 spiro atoms. The van der Waals surface area contributed by atoms with E-state index in [4.69, 9.17) is 25.8 Å². The Labute approximate surface area is 326 Å². The van der Waals surface area contributed by atoms with Crippen molar-refractivity contribution in [1.29, 1.82) is 0 Å². The molecule has 2 aliphatic carbocycles. The molecule has 0 aromatic heterocycles. The fourth-order valence-electron chi connectivity index (χ4n) is 9.58. The molecule has 2 aromatic rings. The standard InChI is InChI=1S/C42H57ClN4O6S/c1-29-8-6-17-42(52-4,27-45-18-19-46(20-21-51-3)39(48)25-45)36-13-10-33(36)24-47-26-41(16-7-9-31-22-34(43)12-14-35(31)41)28-53-38-15-11-32(23-37(38)47)40(49)44-54(5,50)30(29)2/h6,11-12,14-15,17,22-23,29-30,33,36H,5,7-10,13,16,18-21,24-28H2,1-4H3,(H,44,49,50)/b17-6+/t29-,30+,33-,36+,41-,42+,54?/m0/s1. The number of carbonyl (C=O) groups excluding carboxylic acids is 2. The van der Waals surface area contributed by atoms with Crippen molar-refractivity contribution in [2.24, 2.45) is 17.8 Å². The number of nitrogens with one attached hydrogen (secondary N) is 1. The van der Waals surface area contributed by atoms with Crippen molar-refractivity contribution in [3.05, 3.63) is 70.3 Å². The largest absolute Gasteiger partial charge is 0.490 e. The van der Waals surface area contributed by atoms with Crippen LogP contribution in [0.25, 0.3) is 0 Å². The zero-order valence-electron chi connectivity index (χ0n) is 32.3. The first-order valence-corrected chi connectivity index (χ1v) is 21.7. The topological polar surface area (TPSA) is 101 Å². The lowest BCUT2D eigenvalue weighted by Crippen LogP contribution is -2.60. The molecular formula is C42H57ClN4O6S. The van der Waals surface area contributed by atoms with Gasteiger partial charge in [-0.15, -0.1) is 0 Å². The van der Waals surface area contributed by atoms with Crippen LogP contribution in [0.4, 0.5) is 5.69 Å². The van der Waals surface area contributed by atoms with E-state index in [1.54, 1.807) is 20.3 Å². The molecule has 2 bridgehead atoms. The van der Waals surface area contributed by atoms with E-state index in [-0.39, 0.29) is 34.3 Å². The van der Waals surface area contributed by atoms with Gasteiger partial charge in [0.05, 0.1) is 35.2 Å². The predicted molar refractivity (Wildman–Crippen MR) is 216 cm³/mol. The van der Waals surface area contributed by atoms with Gasteiger partial charge in [0.15, 0.2) is 0 Å². The molecule has 3 heterocycles. The summed E-state index contributed by atoms with van der Waals surface area (Å²) in [4.78, 5) is 33.7. The van der Waals surface area contributed by atoms with E-state index in [1.807, 2.05) is 30.0 Å². The number of rotatable bonds is 6. The lowest BCUT2D eigenvalue weighted by Gasteiger charge is -2.52. The molecular weight excluding hydrogens is 724 g/mol. The van der Waals surface area contributed by atoms with Crippen LogP contribution in [-0.2, 0) is 35.8 Å². The number of nitrogens with zero attached hydrogens (tertiary/aromatic N) is 3. The van der Waals surface area contributed by atoms with Crippen molar-refractivity contribution in [3.8, 4) is 5.75 Å². The number of ether oxygens (including phenoxy) is 3. The molecule has 2 aromatic carbocycles. The van der Waals surface area contributed by atoms with Gasteiger partial charge < -0.3 is 24.0 Å². The van der Waals surface area contributed by atoms with Crippen LogP contribution in [-0.4, -0.2) is 116 Å². The predicted octanol–water partition coefficient (Wildman–Crippen LogP) is 5.36. The number of carbonyl (C=O) groups is 2. The fraction of sp³-hybridized carbons (Fsp3) is 0.595. The highest BCUT2D eigenvalue weighted by Gasteiger charge is 2.50. The third kappa shape index (κ3) is 7.68. The molecule has 0 radical (unpaired) electrons. The highest BCUT2D eigenvalue weighted by molar-refractivity contribution is 7.99. The molecule has 2 amide bonds.